The molecule has 97 heavy (non-hydrogen) atoms. The maximum absolute atomic E-state index is 13.1. The van der Waals surface area contributed by atoms with Gasteiger partial charge in [-0.15, -0.1) is 0 Å². The summed E-state index contributed by atoms with van der Waals surface area (Å²) in [6.07, 6.45) is 58.2. The molecular weight excluding hydrogens is 1270 g/mol. The maximum atomic E-state index is 13.1. The highest BCUT2D eigenvalue weighted by Gasteiger charge is 2.30. The van der Waals surface area contributed by atoms with E-state index in [1.54, 1.807) is 0 Å². The van der Waals surface area contributed by atoms with Crippen molar-refractivity contribution in [3.63, 3.8) is 0 Å². The summed E-state index contributed by atoms with van der Waals surface area (Å²) >= 11 is 0. The number of carbonyl (C=O) groups is 4. The first-order valence-corrected chi connectivity index (χ1v) is 43.5. The molecule has 0 aliphatic carbocycles. The second-order valence-corrected chi connectivity index (χ2v) is 31.7. The van der Waals surface area contributed by atoms with Crippen LogP contribution in [0.4, 0.5) is 0 Å². The molecule has 0 aromatic rings. The van der Waals surface area contributed by atoms with E-state index in [0.717, 1.165) is 102 Å². The second kappa shape index (κ2) is 69.8. The van der Waals surface area contributed by atoms with Crippen molar-refractivity contribution >= 4 is 39.5 Å². The summed E-state index contributed by atoms with van der Waals surface area (Å²) < 4.78 is 68.5. The van der Waals surface area contributed by atoms with Crippen LogP contribution in [0.15, 0.2) is 0 Å². The summed E-state index contributed by atoms with van der Waals surface area (Å²) in [6, 6.07) is 0. The number of esters is 4. The van der Waals surface area contributed by atoms with Crippen LogP contribution in [0.1, 0.15) is 408 Å². The van der Waals surface area contributed by atoms with Gasteiger partial charge in [-0.3, -0.25) is 37.3 Å². The molecule has 576 valence electrons. The molecule has 0 aliphatic heterocycles. The smallest absolute Gasteiger partial charge is 0.462 e. The van der Waals surface area contributed by atoms with Gasteiger partial charge in [0.2, 0.25) is 0 Å². The molecule has 0 heterocycles. The van der Waals surface area contributed by atoms with Crippen molar-refractivity contribution in [2.45, 2.75) is 426 Å². The van der Waals surface area contributed by atoms with Crippen molar-refractivity contribution in [3.8, 4) is 0 Å². The minimum atomic E-state index is -4.96. The van der Waals surface area contributed by atoms with Gasteiger partial charge >= 0.3 is 39.5 Å². The van der Waals surface area contributed by atoms with E-state index in [0.29, 0.717) is 25.7 Å². The number of carbonyl (C=O) groups excluding carboxylic acids is 4. The fourth-order valence-corrected chi connectivity index (χ4v) is 13.6. The molecule has 0 saturated carbocycles. The highest BCUT2D eigenvalue weighted by atomic mass is 31.2. The molecule has 6 atom stereocenters. The molecule has 3 unspecified atom stereocenters. The molecule has 0 bridgehead atoms. The van der Waals surface area contributed by atoms with Gasteiger partial charge in [-0.2, -0.15) is 0 Å². The van der Waals surface area contributed by atoms with Crippen molar-refractivity contribution in [2.75, 3.05) is 39.6 Å². The summed E-state index contributed by atoms with van der Waals surface area (Å²) in [5.41, 5.74) is 0. The van der Waals surface area contributed by atoms with Gasteiger partial charge in [0.1, 0.15) is 19.3 Å². The van der Waals surface area contributed by atoms with Crippen LogP contribution in [0, 0.1) is 11.8 Å². The molecule has 0 amide bonds. The molecule has 0 spiro atoms. The van der Waals surface area contributed by atoms with E-state index in [4.69, 9.17) is 37.0 Å². The molecule has 0 aliphatic rings. The van der Waals surface area contributed by atoms with E-state index in [1.165, 1.54) is 225 Å². The van der Waals surface area contributed by atoms with Gasteiger partial charge < -0.3 is 33.8 Å². The van der Waals surface area contributed by atoms with Gasteiger partial charge in [-0.1, -0.05) is 356 Å². The number of aliphatic hydroxyl groups is 1. The predicted octanol–water partition coefficient (Wildman–Crippen LogP) is 23.1. The highest BCUT2D eigenvalue weighted by Crippen LogP contribution is 2.45. The number of phosphoric ester groups is 2. The lowest BCUT2D eigenvalue weighted by atomic mass is 9.99. The Hall–Kier alpha value is -1.94. The third kappa shape index (κ3) is 70.9. The zero-order valence-electron chi connectivity index (χ0n) is 63.4. The number of aliphatic hydroxyl groups excluding tert-OH is 1. The molecule has 3 N–H and O–H groups in total. The number of phosphoric acid groups is 2. The van der Waals surface area contributed by atoms with Crippen LogP contribution in [0.25, 0.3) is 0 Å². The predicted molar refractivity (Wildman–Crippen MR) is 395 cm³/mol. The lowest BCUT2D eigenvalue weighted by molar-refractivity contribution is -0.161. The summed E-state index contributed by atoms with van der Waals surface area (Å²) in [5.74, 6) is -0.461. The van der Waals surface area contributed by atoms with Crippen LogP contribution in [0.5, 0.6) is 0 Å². The zero-order chi connectivity index (χ0) is 71.4. The fourth-order valence-electron chi connectivity index (χ4n) is 12.0. The van der Waals surface area contributed by atoms with E-state index in [2.05, 4.69) is 41.5 Å². The Morgan fingerprint density at radius 2 is 0.526 bits per heavy atom. The van der Waals surface area contributed by atoms with Gasteiger partial charge in [-0.25, -0.2) is 9.13 Å². The average molecular weight is 1420 g/mol. The first-order valence-electron chi connectivity index (χ1n) is 40.5. The number of hydrogen-bond acceptors (Lipinski definition) is 15. The van der Waals surface area contributed by atoms with Crippen molar-refractivity contribution in [1.82, 2.24) is 0 Å². The monoisotopic (exact) mass is 1420 g/mol. The van der Waals surface area contributed by atoms with Gasteiger partial charge in [-0.05, 0) is 37.5 Å². The Morgan fingerprint density at radius 3 is 0.784 bits per heavy atom. The highest BCUT2D eigenvalue weighted by molar-refractivity contribution is 7.47. The lowest BCUT2D eigenvalue weighted by Crippen LogP contribution is -2.30. The standard InChI is InChI=1S/C78H152O17P2/c1-7-10-12-14-16-18-29-38-44-50-56-62-77(82)94-73(66-88-75(80)60-54-48-42-34-17-15-13-11-8-2)68-92-96(84,85)90-64-72(79)65-91-97(86,87)93-69-74(67-89-76(81)61-55-49-43-37-32-28-27-30-35-40-46-52-58-70(4)5)95-78(83)63-57-51-45-39-33-26-24-22-20-19-21-23-25-31-36-41-47-53-59-71(6)9-3/h70-74,79H,7-69H2,1-6H3,(H,84,85)(H,86,87)/t71?,72-,73+,74+/m0/s1. The first-order chi connectivity index (χ1) is 46.9. The van der Waals surface area contributed by atoms with Crippen LogP contribution in [-0.2, 0) is 65.4 Å². The molecule has 19 heteroatoms. The van der Waals surface area contributed by atoms with E-state index < -0.39 is 97.5 Å². The Morgan fingerprint density at radius 1 is 0.299 bits per heavy atom. The summed E-state index contributed by atoms with van der Waals surface area (Å²) in [6.45, 7) is 9.67. The van der Waals surface area contributed by atoms with Gasteiger partial charge in [0.05, 0.1) is 26.4 Å². The van der Waals surface area contributed by atoms with E-state index in [9.17, 15) is 43.2 Å². The quantitative estimate of drug-likeness (QED) is 0.0222. The van der Waals surface area contributed by atoms with E-state index in [1.807, 2.05) is 0 Å². The van der Waals surface area contributed by atoms with E-state index >= 15 is 0 Å². The minimum absolute atomic E-state index is 0.107. The third-order valence-electron chi connectivity index (χ3n) is 18.6. The third-order valence-corrected chi connectivity index (χ3v) is 20.5. The molecule has 0 rings (SSSR count). The zero-order valence-corrected chi connectivity index (χ0v) is 65.2. The van der Waals surface area contributed by atoms with Crippen LogP contribution >= 0.6 is 15.6 Å². The molecular formula is C78H152O17P2. The molecule has 0 saturated heterocycles. The molecule has 0 aromatic heterocycles. The Labute approximate surface area is 594 Å². The Kier molecular flexibility index (Phi) is 68.4. The van der Waals surface area contributed by atoms with Crippen LogP contribution in [0.2, 0.25) is 0 Å². The van der Waals surface area contributed by atoms with Gasteiger partial charge in [0, 0.05) is 25.7 Å². The summed E-state index contributed by atoms with van der Waals surface area (Å²) in [7, 11) is -9.91. The molecule has 17 nitrogen and oxygen atoms in total. The maximum Gasteiger partial charge on any atom is 0.472 e. The topological polar surface area (TPSA) is 237 Å². The Balaban J connectivity index is 5.18. The number of ether oxygens (including phenoxy) is 4. The van der Waals surface area contributed by atoms with Gasteiger partial charge in [0.15, 0.2) is 12.2 Å². The largest absolute Gasteiger partial charge is 0.472 e. The molecule has 0 aromatic carbocycles. The first kappa shape index (κ1) is 95.1. The van der Waals surface area contributed by atoms with Crippen molar-refractivity contribution in [2.24, 2.45) is 11.8 Å². The second-order valence-electron chi connectivity index (χ2n) is 28.8. The lowest BCUT2D eigenvalue weighted by Gasteiger charge is -2.21. The number of rotatable bonds is 77. The van der Waals surface area contributed by atoms with Gasteiger partial charge in [0.25, 0.3) is 0 Å². The Bertz CT molecular complexity index is 1870. The number of hydrogen-bond donors (Lipinski definition) is 3. The number of unbranched alkanes of at least 4 members (excludes halogenated alkanes) is 46. The summed E-state index contributed by atoms with van der Waals surface area (Å²) in [5, 5.41) is 10.6. The van der Waals surface area contributed by atoms with Crippen LogP contribution in [-0.4, -0.2) is 96.7 Å². The van der Waals surface area contributed by atoms with Crippen LogP contribution < -0.4 is 0 Å². The van der Waals surface area contributed by atoms with Crippen molar-refractivity contribution in [1.29, 1.82) is 0 Å². The van der Waals surface area contributed by atoms with E-state index in [-0.39, 0.29) is 25.7 Å². The molecule has 0 radical (unpaired) electrons. The average Bonchev–Trinajstić information content (AvgIpc) is 1.57. The van der Waals surface area contributed by atoms with Crippen LogP contribution in [0.3, 0.4) is 0 Å². The van der Waals surface area contributed by atoms with Crippen molar-refractivity contribution < 1.29 is 80.2 Å². The summed E-state index contributed by atoms with van der Waals surface area (Å²) in [4.78, 5) is 72.8. The normalized spacial score (nSPS) is 14.2. The fraction of sp³-hybridized carbons (Fsp3) is 0.949. The molecule has 0 fully saturated rings. The van der Waals surface area contributed by atoms with Crippen molar-refractivity contribution in [3.05, 3.63) is 0 Å². The minimum Gasteiger partial charge on any atom is -0.462 e. The SMILES string of the molecule is CCCCCCCCCCCCCC(=O)O[C@H](COC(=O)CCCCCCCCCCC)COP(=O)(O)OC[C@H](O)COP(=O)(O)OC[C@@H](COC(=O)CCCCCCCCCCCCCCC(C)C)OC(=O)CCCCCCCCCCCCCCCCCCCCC(C)CC.